The van der Waals surface area contributed by atoms with Gasteiger partial charge in [-0.2, -0.15) is 4.31 Å². The van der Waals surface area contributed by atoms with E-state index in [4.69, 9.17) is 23.2 Å². The number of halogens is 4. The SMILES string of the molecule is C=CCC(/C=C(\C)CN(Cc1ccc(F)cc1)S(=O)(=O)c1ccc(C)cc1)CNS(=O)c1cc(Cl)cc(Cl)c1O.CC.Cc1ccc(F)cc1. The molecule has 12 heteroatoms. The standard InChI is InChI=1S/C29H31Cl2FN2O4S2.C7H7F.C2H6/c1-4-5-23(17-33-39(36)28-16-24(30)15-27(31)29(28)35)14-21(3)18-34(19-22-8-10-25(32)11-9-22)40(37,38)26-12-6-20(2)7-13-26;1-6-2-4-7(8)5-3-6;1-2/h4,6-16,23,33,35H,1,5,17-19H2,2-3H3;2-5H,1H3;1-2H3/b21-14+;;. The molecule has 4 rings (SSSR count). The number of nitrogens with zero attached hydrogens (tertiary/aromatic N) is 1. The lowest BCUT2D eigenvalue weighted by Gasteiger charge is -2.24. The lowest BCUT2D eigenvalue weighted by molar-refractivity contribution is 0.429. The Labute approximate surface area is 308 Å². The van der Waals surface area contributed by atoms with Crippen molar-refractivity contribution in [3.63, 3.8) is 0 Å². The van der Waals surface area contributed by atoms with Crippen molar-refractivity contribution in [2.24, 2.45) is 5.92 Å². The van der Waals surface area contributed by atoms with E-state index in [1.54, 1.807) is 54.6 Å². The van der Waals surface area contributed by atoms with Gasteiger partial charge < -0.3 is 5.11 Å². The van der Waals surface area contributed by atoms with E-state index in [0.29, 0.717) is 12.0 Å². The first-order chi connectivity index (χ1) is 23.7. The molecule has 4 aromatic rings. The van der Waals surface area contributed by atoms with Crippen LogP contribution in [-0.2, 0) is 27.6 Å². The van der Waals surface area contributed by atoms with Crippen molar-refractivity contribution in [3.8, 4) is 5.75 Å². The van der Waals surface area contributed by atoms with Crippen LogP contribution in [-0.4, -0.2) is 35.1 Å². The Morgan fingerprint density at radius 1 is 0.940 bits per heavy atom. The third-order valence-electron chi connectivity index (χ3n) is 7.03. The maximum atomic E-state index is 13.6. The molecule has 6 nitrogen and oxygen atoms in total. The van der Waals surface area contributed by atoms with Crippen LogP contribution in [0.2, 0.25) is 10.0 Å². The molecule has 4 aromatic carbocycles. The van der Waals surface area contributed by atoms with Gasteiger partial charge >= 0.3 is 0 Å². The average Bonchev–Trinajstić information content (AvgIpc) is 3.08. The Morgan fingerprint density at radius 3 is 1.98 bits per heavy atom. The minimum atomic E-state index is -3.88. The summed E-state index contributed by atoms with van der Waals surface area (Å²) >= 11 is 12.0. The van der Waals surface area contributed by atoms with E-state index in [1.165, 1.54) is 40.7 Å². The summed E-state index contributed by atoms with van der Waals surface area (Å²) in [7, 11) is -5.69. The van der Waals surface area contributed by atoms with E-state index in [0.717, 1.165) is 16.7 Å². The molecule has 270 valence electrons. The van der Waals surface area contributed by atoms with Gasteiger partial charge in [-0.15, -0.1) is 6.58 Å². The summed E-state index contributed by atoms with van der Waals surface area (Å²) < 4.78 is 69.9. The average molecular weight is 766 g/mol. The number of phenols is 1. The fraction of sp³-hybridized carbons (Fsp3) is 0.263. The van der Waals surface area contributed by atoms with E-state index in [-0.39, 0.29) is 57.0 Å². The number of sulfonamides is 1. The van der Waals surface area contributed by atoms with Crippen LogP contribution in [0.5, 0.6) is 5.75 Å². The molecule has 0 aliphatic heterocycles. The molecule has 2 N–H and O–H groups in total. The number of hydrogen-bond acceptors (Lipinski definition) is 4. The molecular formula is C38H44Cl2F2N2O4S2. The molecule has 0 aromatic heterocycles. The Hall–Kier alpha value is -3.38. The smallest absolute Gasteiger partial charge is 0.243 e. The van der Waals surface area contributed by atoms with E-state index >= 15 is 0 Å². The normalized spacial score (nSPS) is 12.6. The summed E-state index contributed by atoms with van der Waals surface area (Å²) in [6, 6.07) is 21.5. The summed E-state index contributed by atoms with van der Waals surface area (Å²) in [5.74, 6) is -1.08. The maximum Gasteiger partial charge on any atom is 0.243 e. The number of phenolic OH excluding ortho intramolecular Hbond substituents is 1. The van der Waals surface area contributed by atoms with Crippen molar-refractivity contribution in [3.05, 3.63) is 148 Å². The molecule has 2 unspecified atom stereocenters. The molecule has 0 aliphatic rings. The highest BCUT2D eigenvalue weighted by molar-refractivity contribution is 7.89. The van der Waals surface area contributed by atoms with E-state index < -0.39 is 26.8 Å². The van der Waals surface area contributed by atoms with Crippen molar-refractivity contribution >= 4 is 44.2 Å². The van der Waals surface area contributed by atoms with Gasteiger partial charge in [0, 0.05) is 24.7 Å². The largest absolute Gasteiger partial charge is 0.505 e. The number of rotatable bonds is 13. The second-order valence-electron chi connectivity index (χ2n) is 11.2. The van der Waals surface area contributed by atoms with Crippen LogP contribution in [0.15, 0.2) is 119 Å². The Balaban J connectivity index is 0.000000750. The quantitative estimate of drug-likeness (QED) is 0.133. The van der Waals surface area contributed by atoms with Gasteiger partial charge in [0.25, 0.3) is 0 Å². The van der Waals surface area contributed by atoms with Gasteiger partial charge in [-0.05, 0) is 87.2 Å². The summed E-state index contributed by atoms with van der Waals surface area (Å²) in [5, 5.41) is 10.4. The second kappa shape index (κ2) is 21.1. The van der Waals surface area contributed by atoms with Crippen molar-refractivity contribution < 1.29 is 26.5 Å². The maximum absolute atomic E-state index is 13.6. The highest BCUT2D eigenvalue weighted by Gasteiger charge is 2.25. The van der Waals surface area contributed by atoms with Crippen LogP contribution in [0.1, 0.15) is 43.9 Å². The van der Waals surface area contributed by atoms with Gasteiger partial charge in [-0.25, -0.2) is 26.1 Å². The van der Waals surface area contributed by atoms with Crippen molar-refractivity contribution in [1.29, 1.82) is 0 Å². The Morgan fingerprint density at radius 2 is 1.46 bits per heavy atom. The number of hydrogen-bond donors (Lipinski definition) is 2. The molecular weight excluding hydrogens is 721 g/mol. The summed E-state index contributed by atoms with van der Waals surface area (Å²) in [5.41, 5.74) is 3.42. The predicted molar refractivity (Wildman–Crippen MR) is 202 cm³/mol. The zero-order valence-corrected chi connectivity index (χ0v) is 31.9. The van der Waals surface area contributed by atoms with Crippen LogP contribution >= 0.6 is 23.2 Å². The van der Waals surface area contributed by atoms with Gasteiger partial charge in [-0.3, -0.25) is 0 Å². The van der Waals surface area contributed by atoms with Crippen LogP contribution in [0.3, 0.4) is 0 Å². The molecule has 0 radical (unpaired) electrons. The Bertz CT molecular complexity index is 1820. The van der Waals surface area contributed by atoms with E-state index in [1.807, 2.05) is 40.7 Å². The van der Waals surface area contributed by atoms with Crippen molar-refractivity contribution in [1.82, 2.24) is 9.03 Å². The third kappa shape index (κ3) is 13.7. The molecule has 0 heterocycles. The van der Waals surface area contributed by atoms with Gasteiger partial charge in [-0.1, -0.05) is 102 Å². The zero-order chi connectivity index (χ0) is 37.4. The first-order valence-electron chi connectivity index (χ1n) is 15.8. The molecule has 0 fully saturated rings. The fourth-order valence-corrected chi connectivity index (χ4v) is 7.64. The minimum Gasteiger partial charge on any atom is -0.505 e. The summed E-state index contributed by atoms with van der Waals surface area (Å²) in [6.45, 7) is 13.8. The lowest BCUT2D eigenvalue weighted by atomic mass is 10.0. The topological polar surface area (TPSA) is 86.7 Å². The molecule has 2 atom stereocenters. The van der Waals surface area contributed by atoms with Gasteiger partial charge in [0.15, 0.2) is 5.75 Å². The number of benzene rings is 4. The molecule has 50 heavy (non-hydrogen) atoms. The number of aromatic hydroxyl groups is 1. The highest BCUT2D eigenvalue weighted by atomic mass is 35.5. The molecule has 0 amide bonds. The van der Waals surface area contributed by atoms with Gasteiger partial charge in [0.05, 0.1) is 14.8 Å². The second-order valence-corrected chi connectivity index (χ2v) is 15.2. The van der Waals surface area contributed by atoms with E-state index in [2.05, 4.69) is 11.3 Å². The van der Waals surface area contributed by atoms with Crippen molar-refractivity contribution in [2.75, 3.05) is 13.1 Å². The first kappa shape index (κ1) is 42.8. The number of allylic oxidation sites excluding steroid dienone is 1. The van der Waals surface area contributed by atoms with Gasteiger partial charge in [0.1, 0.15) is 22.6 Å². The van der Waals surface area contributed by atoms with Crippen LogP contribution < -0.4 is 4.72 Å². The molecule has 0 saturated carbocycles. The first-order valence-corrected chi connectivity index (χ1v) is 19.2. The molecule has 0 spiro atoms. The van der Waals surface area contributed by atoms with Crippen LogP contribution in [0.4, 0.5) is 8.78 Å². The Kier molecular flexibility index (Phi) is 18.0. The number of aryl methyl sites for hydroxylation is 2. The molecule has 0 aliphatic carbocycles. The molecule has 0 bridgehead atoms. The summed E-state index contributed by atoms with van der Waals surface area (Å²) in [4.78, 5) is 0.220. The summed E-state index contributed by atoms with van der Waals surface area (Å²) in [6.07, 6.45) is 4.14. The third-order valence-corrected chi connectivity index (χ3v) is 10.5. The van der Waals surface area contributed by atoms with Gasteiger partial charge in [0.2, 0.25) is 10.0 Å². The number of nitrogens with one attached hydrogen (secondary N) is 1. The zero-order valence-electron chi connectivity index (χ0n) is 28.8. The van der Waals surface area contributed by atoms with Crippen molar-refractivity contribution in [2.45, 2.75) is 57.4 Å². The van der Waals surface area contributed by atoms with Crippen LogP contribution in [0.25, 0.3) is 0 Å². The predicted octanol–water partition coefficient (Wildman–Crippen LogP) is 9.95. The highest BCUT2D eigenvalue weighted by Crippen LogP contribution is 2.33. The minimum absolute atomic E-state index is 0.00735. The fourth-order valence-electron chi connectivity index (χ4n) is 4.51. The van der Waals surface area contributed by atoms with Crippen LogP contribution in [0, 0.1) is 31.4 Å². The van der Waals surface area contributed by atoms with E-state index in [9.17, 15) is 26.5 Å². The lowest BCUT2D eigenvalue weighted by Crippen LogP contribution is -2.32. The molecule has 0 saturated heterocycles. The monoisotopic (exact) mass is 764 g/mol.